The number of likely N-dealkylation sites (tertiary alicyclic amines) is 3. The van der Waals surface area contributed by atoms with E-state index in [2.05, 4.69) is 59.3 Å². The fraction of sp³-hybridized carbons (Fsp3) is 0.351. The summed E-state index contributed by atoms with van der Waals surface area (Å²) in [7, 11) is 3.88. The number of H-pyrrole nitrogens is 1. The van der Waals surface area contributed by atoms with Crippen LogP contribution < -0.4 is 20.8 Å². The van der Waals surface area contributed by atoms with Gasteiger partial charge in [0.2, 0.25) is 11.8 Å². The number of aromatic amines is 1. The molecule has 37 heteroatoms. The topological polar surface area (TPSA) is 442 Å². The molecule has 0 bridgehead atoms. The van der Waals surface area contributed by atoms with E-state index in [1.165, 1.54) is 81.4 Å². The van der Waals surface area contributed by atoms with Crippen LogP contribution in [0.3, 0.4) is 0 Å². The Balaban J connectivity index is 0.000000167. The van der Waals surface area contributed by atoms with E-state index in [9.17, 15) is 48.6 Å². The highest BCUT2D eigenvalue weighted by Gasteiger charge is 2.46. The van der Waals surface area contributed by atoms with Crippen LogP contribution >= 0.6 is 45.3 Å². The van der Waals surface area contributed by atoms with E-state index in [1.807, 2.05) is 76.8 Å². The summed E-state index contributed by atoms with van der Waals surface area (Å²) in [5.41, 5.74) is 6.09. The summed E-state index contributed by atoms with van der Waals surface area (Å²) in [6.07, 6.45) is 3.57. The number of carboxylic acid groups (broad SMARTS) is 1. The van der Waals surface area contributed by atoms with Gasteiger partial charge in [-0.2, -0.15) is 15.2 Å². The summed E-state index contributed by atoms with van der Waals surface area (Å²) in [5.74, 6) is -0.422. The molecule has 33 nitrogen and oxygen atoms in total. The monoisotopic (exact) mass is 1630 g/mol. The Morgan fingerprint density at radius 2 is 0.921 bits per heavy atom. The van der Waals surface area contributed by atoms with Crippen LogP contribution in [0.2, 0.25) is 0 Å². The molecule has 0 aliphatic carbocycles. The highest BCUT2D eigenvalue weighted by Crippen LogP contribution is 2.36. The molecular formula is C77H83N15O18S4. The molecule has 0 radical (unpaired) electrons. The molecule has 11 aromatic rings. The number of aromatic nitrogens is 10. The number of esters is 3. The number of fused-ring (bicyclic) bond motifs is 3. The lowest BCUT2D eigenvalue weighted by Gasteiger charge is -2.27. The fourth-order valence-corrected chi connectivity index (χ4v) is 13.9. The number of carbonyl (C=O) groups excluding carboxylic acids is 6. The first kappa shape index (κ1) is 85.8. The maximum atomic E-state index is 12.7. The van der Waals surface area contributed by atoms with Crippen LogP contribution in [0.5, 0.6) is 11.8 Å². The summed E-state index contributed by atoms with van der Waals surface area (Å²) in [6.45, 7) is 16.1. The van der Waals surface area contributed by atoms with E-state index >= 15 is 0 Å². The van der Waals surface area contributed by atoms with Crippen molar-refractivity contribution in [3.8, 4) is 52.4 Å². The molecule has 3 saturated heterocycles. The molecule has 3 fully saturated rings. The maximum absolute atomic E-state index is 12.7. The van der Waals surface area contributed by atoms with Gasteiger partial charge in [-0.05, 0) is 157 Å². The predicted molar refractivity (Wildman–Crippen MR) is 424 cm³/mol. The predicted octanol–water partition coefficient (Wildman–Crippen LogP) is 11.9. The molecule has 11 aromatic heterocycles. The Labute approximate surface area is 669 Å². The number of aliphatic hydroxyl groups is 1. The number of ether oxygens (including phenoxy) is 8. The van der Waals surface area contributed by atoms with Gasteiger partial charge < -0.3 is 58.8 Å². The molecule has 0 saturated carbocycles. The smallest absolute Gasteiger partial charge is 0.411 e. The normalized spacial score (nSPS) is 16.9. The van der Waals surface area contributed by atoms with Gasteiger partial charge in [-0.25, -0.2) is 53.5 Å². The summed E-state index contributed by atoms with van der Waals surface area (Å²) in [4.78, 5) is 143. The number of thiophene rings is 4. The number of nitriles is 1. The number of nitrogen functional groups attached to an aromatic ring is 1. The molecule has 14 heterocycles. The summed E-state index contributed by atoms with van der Waals surface area (Å²) >= 11 is 5.70. The Morgan fingerprint density at radius 3 is 1.32 bits per heavy atom. The first-order valence-electron chi connectivity index (χ1n) is 35.1. The number of amides is 3. The van der Waals surface area contributed by atoms with Gasteiger partial charge in [0.15, 0.2) is 17.5 Å². The van der Waals surface area contributed by atoms with Crippen molar-refractivity contribution in [3.05, 3.63) is 165 Å². The van der Waals surface area contributed by atoms with Crippen molar-refractivity contribution in [2.24, 2.45) is 0 Å². The highest BCUT2D eigenvalue weighted by atomic mass is 32.1. The zero-order valence-electron chi connectivity index (χ0n) is 64.0. The molecule has 5 N–H and O–H groups in total. The molecule has 6 atom stereocenters. The second-order valence-corrected chi connectivity index (χ2v) is 31.5. The van der Waals surface area contributed by atoms with E-state index in [-0.39, 0.29) is 50.4 Å². The number of hydrogen-bond acceptors (Lipinski definition) is 32. The number of rotatable bonds is 11. The summed E-state index contributed by atoms with van der Waals surface area (Å²) < 4.78 is 42.3. The number of nitrogens with two attached hydrogens (primary N) is 1. The lowest BCUT2D eigenvalue weighted by molar-refractivity contribution is -0.146. The van der Waals surface area contributed by atoms with Gasteiger partial charge in [0.1, 0.15) is 95.5 Å². The SMILES string of the molecule is CC(C)(C)OC(=O)N1CC(Oc2nc(-c3ccccn3)nc3sccc23)C[C@H]1C(=O)O.COC(=O)[C@@H]1CC(Oc2nc(-c3ccccn3)nc3sccc23)CN1C(=O)OC(C)(C)C.COC(=O)[C@@H]1C[C@H](O)CN1C(=O)OC(C)(C)C.COC(=O)c1ccsc1N.N#Cc1ccccn1.O=c1[nH]c(-c2ccccn2)nc2sccc12. The molecule has 3 aliphatic rings. The van der Waals surface area contributed by atoms with Crippen LogP contribution in [0, 0.1) is 11.3 Å². The number of β-amino-alcohol motifs (C(OH)–C–C–N with tert-alkyl or cyclic N) is 1. The Hall–Kier alpha value is -12.2. The average molecular weight is 1630 g/mol. The maximum Gasteiger partial charge on any atom is 0.411 e. The molecule has 0 aromatic carbocycles. The Kier molecular flexibility index (Phi) is 29.2. The van der Waals surface area contributed by atoms with Crippen LogP contribution in [0.4, 0.5) is 19.4 Å². The number of nitrogens with one attached hydrogen (secondary N) is 1. The highest BCUT2D eigenvalue weighted by molar-refractivity contribution is 7.17. The molecule has 0 spiro atoms. The Bertz CT molecular complexity index is 5220. The molecular weight excluding hydrogens is 1550 g/mol. The standard InChI is InChI=1S/C22H24N4O5S.C21H22N4O5S.C11H7N3OS.C11H19NO5.C6H4N2.C6H7NO2S/c1-22(2,3)31-21(28)26-12-13(11-16(26)20(27)29-4)30-18-14-8-10-32-19(14)25-17(24-18)15-7-5-6-9-23-15;1-21(2,3)30-20(28)25-11-12(10-15(25)19(26)27)29-17-13-7-9-31-18(13)24-16(23-17)14-6-4-5-8-22-14;15-10-7-4-6-16-11(7)14-9(13-10)8-3-1-2-5-12-8;1-11(2,3)17-10(15)12-6-7(13)5-8(12)9(14)16-4;7-5-6-3-1-2-4-8-6;1-9-6(8)4-2-3-10-5(4)7/h5-10,13,16H,11-12H2,1-4H3;4-9,12,15H,10-11H2,1-3H3,(H,26,27);1-6H,(H,13,14,15);7-8,13H,5-6H2,1-4H3;1-4H;2-3H,7H2,1H3/t13?,16-;12?,15-;;7-,8-;;/m00.0../s1. The molecule has 2 unspecified atom stereocenters. The summed E-state index contributed by atoms with van der Waals surface area (Å²) in [6, 6.07) is 28.2. The van der Waals surface area contributed by atoms with Crippen molar-refractivity contribution in [2.75, 3.05) is 46.7 Å². The lowest BCUT2D eigenvalue weighted by Crippen LogP contribution is -2.44. The second-order valence-electron chi connectivity index (χ2n) is 27.9. The van der Waals surface area contributed by atoms with Gasteiger partial charge in [0, 0.05) is 44.0 Å². The first-order chi connectivity index (χ1) is 54.2. The van der Waals surface area contributed by atoms with Crippen LogP contribution in [-0.2, 0) is 42.8 Å². The van der Waals surface area contributed by atoms with Gasteiger partial charge in [0.25, 0.3) is 5.56 Å². The van der Waals surface area contributed by atoms with E-state index in [0.29, 0.717) is 68.0 Å². The molecule has 14 rings (SSSR count). The van der Waals surface area contributed by atoms with Gasteiger partial charge in [-0.15, -0.1) is 45.3 Å². The van der Waals surface area contributed by atoms with Crippen LogP contribution in [0.1, 0.15) is 97.6 Å². The number of nitrogens with zero attached hydrogens (tertiary/aromatic N) is 13. The van der Waals surface area contributed by atoms with E-state index in [1.54, 1.807) is 135 Å². The zero-order chi connectivity index (χ0) is 82.6. The number of aliphatic carboxylic acids is 1. The third kappa shape index (κ3) is 23.7. The third-order valence-electron chi connectivity index (χ3n) is 16.0. The summed E-state index contributed by atoms with van der Waals surface area (Å²) in [5, 5.41) is 37.4. The quantitative estimate of drug-likeness (QED) is 0.0690. The third-order valence-corrected chi connectivity index (χ3v) is 19.1. The first-order valence-corrected chi connectivity index (χ1v) is 38.6. The minimum absolute atomic E-state index is 0.0838. The van der Waals surface area contributed by atoms with Crippen molar-refractivity contribution in [1.82, 2.24) is 64.5 Å². The molecule has 3 amide bonds. The van der Waals surface area contributed by atoms with Crippen molar-refractivity contribution in [3.63, 3.8) is 0 Å². The zero-order valence-corrected chi connectivity index (χ0v) is 67.3. The average Bonchev–Trinajstić information content (AvgIpc) is 1.61. The van der Waals surface area contributed by atoms with E-state index in [4.69, 9.17) is 39.4 Å². The van der Waals surface area contributed by atoms with Crippen LogP contribution in [0.25, 0.3) is 65.2 Å². The van der Waals surface area contributed by atoms with Gasteiger partial charge in [-0.3, -0.25) is 34.4 Å². The van der Waals surface area contributed by atoms with Crippen molar-refractivity contribution >= 4 is 123 Å². The van der Waals surface area contributed by atoms with Gasteiger partial charge in [-0.1, -0.05) is 24.3 Å². The largest absolute Gasteiger partial charge is 0.480 e. The molecule has 3 aliphatic heterocycles. The number of anilines is 1. The number of carboxylic acids is 1. The Morgan fingerprint density at radius 1 is 0.509 bits per heavy atom. The molecule has 598 valence electrons. The van der Waals surface area contributed by atoms with Crippen LogP contribution in [-0.4, -0.2) is 211 Å². The number of aliphatic hydroxyl groups excluding tert-OH is 1. The number of pyridine rings is 4. The van der Waals surface area contributed by atoms with Gasteiger partial charge >= 0.3 is 42.2 Å². The number of methoxy groups -OCH3 is 3. The van der Waals surface area contributed by atoms with Crippen molar-refractivity contribution < 1.29 is 81.7 Å². The van der Waals surface area contributed by atoms with Crippen molar-refractivity contribution in [1.29, 1.82) is 5.26 Å². The fourth-order valence-electron chi connectivity index (χ4n) is 11.0. The second kappa shape index (κ2) is 38.8. The minimum Gasteiger partial charge on any atom is -0.480 e. The van der Waals surface area contributed by atoms with Crippen molar-refractivity contribution in [2.45, 2.75) is 135 Å². The number of hydrogen-bond donors (Lipinski definition) is 4. The lowest BCUT2D eigenvalue weighted by atomic mass is 10.2. The molecule has 114 heavy (non-hydrogen) atoms. The van der Waals surface area contributed by atoms with Gasteiger partial charge in [0.05, 0.1) is 68.8 Å². The van der Waals surface area contributed by atoms with E-state index in [0.717, 1.165) is 25.3 Å². The van der Waals surface area contributed by atoms with Crippen LogP contribution in [0.15, 0.2) is 148 Å². The van der Waals surface area contributed by atoms with E-state index < -0.39 is 89.4 Å². The minimum atomic E-state index is -1.10. The number of carbonyl (C=O) groups is 7.